The minimum Gasteiger partial charge on any atom is -0.308 e. The third-order valence-electron chi connectivity index (χ3n) is 2.91. The largest absolute Gasteiger partial charge is 0.308 e. The fourth-order valence-electron chi connectivity index (χ4n) is 1.91. The fourth-order valence-corrected chi connectivity index (χ4v) is 1.91. The quantitative estimate of drug-likeness (QED) is 0.903. The van der Waals surface area contributed by atoms with Gasteiger partial charge in [-0.3, -0.25) is 0 Å². The summed E-state index contributed by atoms with van der Waals surface area (Å²) in [5, 5.41) is 3.15. The first-order valence-corrected chi connectivity index (χ1v) is 5.84. The molecule has 3 nitrogen and oxygen atoms in total. The van der Waals surface area contributed by atoms with E-state index in [-0.39, 0.29) is 11.9 Å². The second kappa shape index (κ2) is 5.23. The molecule has 18 heavy (non-hydrogen) atoms. The van der Waals surface area contributed by atoms with Crippen molar-refractivity contribution < 1.29 is 4.39 Å². The molecule has 0 amide bonds. The monoisotopic (exact) mass is 245 g/mol. The Hall–Kier alpha value is -1.81. The summed E-state index contributed by atoms with van der Waals surface area (Å²) in [6.07, 6.45) is 1.71. The first kappa shape index (κ1) is 12.6. The van der Waals surface area contributed by atoms with Gasteiger partial charge in [0.2, 0.25) is 0 Å². The van der Waals surface area contributed by atoms with Crippen molar-refractivity contribution in [3.8, 4) is 0 Å². The molecule has 0 aliphatic heterocycles. The van der Waals surface area contributed by atoms with Crippen LogP contribution in [-0.2, 0) is 0 Å². The van der Waals surface area contributed by atoms with Crippen molar-refractivity contribution in [2.75, 3.05) is 7.05 Å². The summed E-state index contributed by atoms with van der Waals surface area (Å²) in [7, 11) is 1.83. The van der Waals surface area contributed by atoms with Gasteiger partial charge in [0.25, 0.3) is 0 Å². The Labute approximate surface area is 106 Å². The molecule has 0 spiro atoms. The average Bonchev–Trinajstić information content (AvgIpc) is 2.35. The van der Waals surface area contributed by atoms with Crippen molar-refractivity contribution in [1.82, 2.24) is 15.3 Å². The van der Waals surface area contributed by atoms with E-state index < -0.39 is 0 Å². The molecule has 0 radical (unpaired) electrons. The van der Waals surface area contributed by atoms with Crippen molar-refractivity contribution in [2.45, 2.75) is 19.9 Å². The van der Waals surface area contributed by atoms with Crippen LogP contribution in [0.15, 0.2) is 30.5 Å². The number of rotatable bonds is 3. The van der Waals surface area contributed by atoms with Gasteiger partial charge in [-0.05, 0) is 44.2 Å². The summed E-state index contributed by atoms with van der Waals surface area (Å²) in [4.78, 5) is 8.45. The number of aryl methyl sites for hydroxylation is 2. The molecule has 0 bridgehead atoms. The van der Waals surface area contributed by atoms with Gasteiger partial charge in [0, 0.05) is 6.20 Å². The van der Waals surface area contributed by atoms with Crippen LogP contribution in [0.2, 0.25) is 0 Å². The second-order valence-corrected chi connectivity index (χ2v) is 4.26. The molecule has 1 N–H and O–H groups in total. The van der Waals surface area contributed by atoms with Gasteiger partial charge in [-0.2, -0.15) is 0 Å². The topological polar surface area (TPSA) is 37.8 Å². The molecule has 2 aromatic rings. The molecule has 1 atom stereocenters. The molecule has 0 aliphatic rings. The van der Waals surface area contributed by atoms with Gasteiger partial charge >= 0.3 is 0 Å². The zero-order valence-corrected chi connectivity index (χ0v) is 10.7. The molecular weight excluding hydrogens is 229 g/mol. The standard InChI is InChI=1S/C14H16FN3/c1-9-4-5-11(8-12(9)15)14(16-3)13-6-7-17-10(2)18-13/h4-8,14,16H,1-3H3. The van der Waals surface area contributed by atoms with E-state index in [2.05, 4.69) is 15.3 Å². The van der Waals surface area contributed by atoms with Gasteiger partial charge in [0.15, 0.2) is 0 Å². The lowest BCUT2D eigenvalue weighted by molar-refractivity contribution is 0.605. The van der Waals surface area contributed by atoms with Crippen molar-refractivity contribution in [2.24, 2.45) is 0 Å². The number of hydrogen-bond acceptors (Lipinski definition) is 3. The van der Waals surface area contributed by atoms with Crippen LogP contribution in [0.3, 0.4) is 0 Å². The number of nitrogens with zero attached hydrogens (tertiary/aromatic N) is 2. The van der Waals surface area contributed by atoms with Crippen molar-refractivity contribution in [3.05, 3.63) is 58.9 Å². The van der Waals surface area contributed by atoms with E-state index in [0.29, 0.717) is 11.4 Å². The summed E-state index contributed by atoms with van der Waals surface area (Å²) < 4.78 is 13.6. The summed E-state index contributed by atoms with van der Waals surface area (Å²) >= 11 is 0. The Kier molecular flexibility index (Phi) is 3.67. The van der Waals surface area contributed by atoms with Crippen LogP contribution >= 0.6 is 0 Å². The van der Waals surface area contributed by atoms with Gasteiger partial charge in [-0.1, -0.05) is 12.1 Å². The fraction of sp³-hybridized carbons (Fsp3) is 0.286. The van der Waals surface area contributed by atoms with Crippen molar-refractivity contribution in [3.63, 3.8) is 0 Å². The van der Waals surface area contributed by atoms with Gasteiger partial charge in [0.05, 0.1) is 11.7 Å². The molecule has 0 aliphatic carbocycles. The minimum absolute atomic E-state index is 0.123. The lowest BCUT2D eigenvalue weighted by Crippen LogP contribution is -2.19. The lowest BCUT2D eigenvalue weighted by atomic mass is 10.0. The number of halogens is 1. The van der Waals surface area contributed by atoms with Crippen LogP contribution in [0.25, 0.3) is 0 Å². The highest BCUT2D eigenvalue weighted by Crippen LogP contribution is 2.21. The van der Waals surface area contributed by atoms with Crippen LogP contribution in [0, 0.1) is 19.7 Å². The lowest BCUT2D eigenvalue weighted by Gasteiger charge is -2.16. The maximum absolute atomic E-state index is 13.6. The number of hydrogen-bond donors (Lipinski definition) is 1. The molecule has 1 unspecified atom stereocenters. The average molecular weight is 245 g/mol. The number of aromatic nitrogens is 2. The van der Waals surface area contributed by atoms with Crippen LogP contribution in [0.1, 0.15) is 28.7 Å². The third kappa shape index (κ3) is 2.54. The molecule has 1 heterocycles. The second-order valence-electron chi connectivity index (χ2n) is 4.26. The smallest absolute Gasteiger partial charge is 0.126 e. The third-order valence-corrected chi connectivity index (χ3v) is 2.91. The Balaban J connectivity index is 2.42. The summed E-state index contributed by atoms with van der Waals surface area (Å²) in [6, 6.07) is 6.96. The van der Waals surface area contributed by atoms with Gasteiger partial charge in [-0.25, -0.2) is 14.4 Å². The highest BCUT2D eigenvalue weighted by Gasteiger charge is 2.14. The first-order valence-electron chi connectivity index (χ1n) is 5.84. The Morgan fingerprint density at radius 3 is 2.61 bits per heavy atom. The number of benzene rings is 1. The molecule has 2 rings (SSSR count). The summed E-state index contributed by atoms with van der Waals surface area (Å²) in [5.74, 6) is 0.513. The molecule has 0 saturated heterocycles. The van der Waals surface area contributed by atoms with Crippen molar-refractivity contribution in [1.29, 1.82) is 0 Å². The maximum Gasteiger partial charge on any atom is 0.126 e. The van der Waals surface area contributed by atoms with E-state index in [9.17, 15) is 4.39 Å². The number of nitrogens with one attached hydrogen (secondary N) is 1. The van der Waals surface area contributed by atoms with Crippen molar-refractivity contribution >= 4 is 0 Å². The highest BCUT2D eigenvalue weighted by atomic mass is 19.1. The van der Waals surface area contributed by atoms with E-state index in [1.807, 2.05) is 26.1 Å². The minimum atomic E-state index is -0.196. The molecule has 1 aromatic carbocycles. The molecule has 1 aromatic heterocycles. The Morgan fingerprint density at radius 1 is 1.22 bits per heavy atom. The molecule has 0 fully saturated rings. The van der Waals surface area contributed by atoms with E-state index in [4.69, 9.17) is 0 Å². The van der Waals surface area contributed by atoms with E-state index in [1.54, 1.807) is 25.3 Å². The van der Waals surface area contributed by atoms with Gasteiger partial charge in [-0.15, -0.1) is 0 Å². The van der Waals surface area contributed by atoms with Crippen LogP contribution in [-0.4, -0.2) is 17.0 Å². The van der Waals surface area contributed by atoms with E-state index in [1.165, 1.54) is 0 Å². The van der Waals surface area contributed by atoms with E-state index >= 15 is 0 Å². The zero-order valence-electron chi connectivity index (χ0n) is 10.7. The molecule has 0 saturated carbocycles. The predicted molar refractivity (Wildman–Crippen MR) is 68.8 cm³/mol. The first-order chi connectivity index (χ1) is 8.61. The van der Waals surface area contributed by atoms with Crippen LogP contribution in [0.5, 0.6) is 0 Å². The summed E-state index contributed by atoms with van der Waals surface area (Å²) in [5.41, 5.74) is 2.35. The van der Waals surface area contributed by atoms with Crippen LogP contribution in [0.4, 0.5) is 4.39 Å². The normalized spacial score (nSPS) is 12.4. The molecule has 4 heteroatoms. The zero-order chi connectivity index (χ0) is 13.1. The van der Waals surface area contributed by atoms with Crippen LogP contribution < -0.4 is 5.32 Å². The maximum atomic E-state index is 13.6. The van der Waals surface area contributed by atoms with E-state index in [0.717, 1.165) is 11.3 Å². The summed E-state index contributed by atoms with van der Waals surface area (Å²) in [6.45, 7) is 3.59. The molecular formula is C14H16FN3. The van der Waals surface area contributed by atoms with Gasteiger partial charge < -0.3 is 5.32 Å². The Morgan fingerprint density at radius 2 is 2.00 bits per heavy atom. The predicted octanol–water partition coefficient (Wildman–Crippen LogP) is 2.54. The highest BCUT2D eigenvalue weighted by molar-refractivity contribution is 5.31. The van der Waals surface area contributed by atoms with Gasteiger partial charge in [0.1, 0.15) is 11.6 Å². The molecule has 94 valence electrons. The SMILES string of the molecule is CNC(c1ccc(C)c(F)c1)c1ccnc(C)n1. The Bertz CT molecular complexity index is 554.